The number of carbonyl (C=O) groups excluding carboxylic acids is 1. The molecule has 0 saturated carbocycles. The van der Waals surface area contributed by atoms with Gasteiger partial charge in [0.1, 0.15) is 6.04 Å². The molecule has 1 aromatic carbocycles. The molecule has 0 aliphatic carbocycles. The quantitative estimate of drug-likeness (QED) is 0.522. The van der Waals surface area contributed by atoms with Crippen molar-refractivity contribution in [2.75, 3.05) is 18.9 Å². The smallest absolute Gasteiger partial charge is 0.323 e. The van der Waals surface area contributed by atoms with Crippen LogP contribution < -0.4 is 5.32 Å². The maximum atomic E-state index is 11.8. The van der Waals surface area contributed by atoms with Crippen molar-refractivity contribution >= 4 is 29.3 Å². The van der Waals surface area contributed by atoms with Gasteiger partial charge in [0.2, 0.25) is 0 Å². The lowest BCUT2D eigenvalue weighted by molar-refractivity contribution is -0.145. The van der Waals surface area contributed by atoms with Gasteiger partial charge in [-0.1, -0.05) is 30.7 Å². The molecule has 1 aromatic rings. The van der Waals surface area contributed by atoms with Crippen LogP contribution in [0.5, 0.6) is 0 Å². The molecular weight excluding hydrogens is 306 g/mol. The van der Waals surface area contributed by atoms with Gasteiger partial charge in [0.15, 0.2) is 0 Å². The van der Waals surface area contributed by atoms with Crippen molar-refractivity contribution in [1.29, 1.82) is 0 Å². The minimum Gasteiger partial charge on any atom is -0.465 e. The van der Waals surface area contributed by atoms with Gasteiger partial charge in [-0.05, 0) is 49.8 Å². The zero-order chi connectivity index (χ0) is 15.5. The van der Waals surface area contributed by atoms with E-state index in [2.05, 4.69) is 12.2 Å². The summed E-state index contributed by atoms with van der Waals surface area (Å²) in [6.45, 7) is 5.20. The predicted octanol–water partition coefficient (Wildman–Crippen LogP) is 3.89. The van der Waals surface area contributed by atoms with Crippen LogP contribution in [0.4, 0.5) is 0 Å². The van der Waals surface area contributed by atoms with Gasteiger partial charge in [0, 0.05) is 10.8 Å². The van der Waals surface area contributed by atoms with Crippen LogP contribution in [0.3, 0.4) is 0 Å². The van der Waals surface area contributed by atoms with Gasteiger partial charge in [0.25, 0.3) is 0 Å². The van der Waals surface area contributed by atoms with Crippen molar-refractivity contribution < 1.29 is 9.53 Å². The Hall–Kier alpha value is -0.710. The van der Waals surface area contributed by atoms with E-state index in [1.54, 1.807) is 0 Å². The highest BCUT2D eigenvalue weighted by Crippen LogP contribution is 2.16. The van der Waals surface area contributed by atoms with Crippen molar-refractivity contribution in [3.63, 3.8) is 0 Å². The molecule has 0 saturated heterocycles. The summed E-state index contributed by atoms with van der Waals surface area (Å²) in [7, 11) is 0. The Morgan fingerprint density at radius 1 is 1.33 bits per heavy atom. The Balaban J connectivity index is 2.31. The van der Waals surface area contributed by atoms with Crippen LogP contribution >= 0.6 is 23.4 Å². The number of hydrogen-bond donors (Lipinski definition) is 1. The van der Waals surface area contributed by atoms with E-state index in [-0.39, 0.29) is 12.0 Å². The Bertz CT molecular complexity index is 411. The minimum atomic E-state index is -0.192. The van der Waals surface area contributed by atoms with Crippen molar-refractivity contribution in [2.24, 2.45) is 0 Å². The summed E-state index contributed by atoms with van der Waals surface area (Å²) in [4.78, 5) is 11.8. The van der Waals surface area contributed by atoms with Gasteiger partial charge in [-0.15, -0.1) is 0 Å². The first kappa shape index (κ1) is 18.3. The lowest BCUT2D eigenvalue weighted by Crippen LogP contribution is -2.39. The van der Waals surface area contributed by atoms with Crippen molar-refractivity contribution in [2.45, 2.75) is 38.5 Å². The molecule has 1 unspecified atom stereocenters. The topological polar surface area (TPSA) is 38.3 Å². The number of esters is 1. The lowest BCUT2D eigenvalue weighted by atomic mass is 10.2. The largest absolute Gasteiger partial charge is 0.465 e. The van der Waals surface area contributed by atoms with Gasteiger partial charge in [-0.25, -0.2) is 0 Å². The third-order valence-corrected chi connectivity index (χ3v) is 4.26. The van der Waals surface area contributed by atoms with E-state index < -0.39 is 0 Å². The summed E-state index contributed by atoms with van der Waals surface area (Å²) in [6.07, 6.45) is 1.80. The zero-order valence-corrected chi connectivity index (χ0v) is 14.3. The van der Waals surface area contributed by atoms with Crippen molar-refractivity contribution in [3.8, 4) is 0 Å². The molecule has 118 valence electrons. The Morgan fingerprint density at radius 3 is 2.67 bits per heavy atom. The maximum absolute atomic E-state index is 11.8. The molecule has 0 fully saturated rings. The van der Waals surface area contributed by atoms with E-state index in [0.717, 1.165) is 35.9 Å². The number of benzene rings is 1. The van der Waals surface area contributed by atoms with Gasteiger partial charge < -0.3 is 10.1 Å². The molecule has 3 nitrogen and oxygen atoms in total. The molecule has 1 N–H and O–H groups in total. The van der Waals surface area contributed by atoms with E-state index >= 15 is 0 Å². The van der Waals surface area contributed by atoms with Crippen LogP contribution in [0.2, 0.25) is 5.02 Å². The van der Waals surface area contributed by atoms with Gasteiger partial charge in [0.05, 0.1) is 6.61 Å². The molecule has 0 aliphatic heterocycles. The van der Waals surface area contributed by atoms with Crippen LogP contribution in [-0.2, 0) is 15.3 Å². The predicted molar refractivity (Wildman–Crippen MR) is 90.9 cm³/mol. The number of thioether (sulfide) groups is 1. The van der Waals surface area contributed by atoms with Gasteiger partial charge >= 0.3 is 5.97 Å². The highest BCUT2D eigenvalue weighted by molar-refractivity contribution is 7.98. The molecule has 0 spiro atoms. The molecule has 1 rings (SSSR count). The minimum absolute atomic E-state index is 0.141. The summed E-state index contributed by atoms with van der Waals surface area (Å²) in [5.74, 6) is 1.71. The van der Waals surface area contributed by atoms with Crippen LogP contribution in [0.25, 0.3) is 0 Å². The number of nitrogens with one attached hydrogen (secondary N) is 1. The van der Waals surface area contributed by atoms with E-state index in [9.17, 15) is 4.79 Å². The van der Waals surface area contributed by atoms with E-state index in [0.29, 0.717) is 6.61 Å². The van der Waals surface area contributed by atoms with E-state index in [1.165, 1.54) is 5.56 Å². The average molecular weight is 330 g/mol. The fourth-order valence-corrected chi connectivity index (χ4v) is 2.94. The number of ether oxygens (including phenoxy) is 1. The maximum Gasteiger partial charge on any atom is 0.323 e. The van der Waals surface area contributed by atoms with Crippen LogP contribution in [0.15, 0.2) is 24.3 Å². The zero-order valence-electron chi connectivity index (χ0n) is 12.7. The highest BCUT2D eigenvalue weighted by atomic mass is 35.5. The van der Waals surface area contributed by atoms with E-state index in [1.807, 2.05) is 43.0 Å². The number of carbonyl (C=O) groups is 1. The summed E-state index contributed by atoms with van der Waals surface area (Å²) in [5, 5.41) is 4.01. The Labute approximate surface area is 136 Å². The fraction of sp³-hybridized carbons (Fsp3) is 0.562. The third kappa shape index (κ3) is 7.74. The molecule has 21 heavy (non-hydrogen) atoms. The Kier molecular flexibility index (Phi) is 9.55. The number of rotatable bonds is 10. The molecule has 0 aliphatic rings. The van der Waals surface area contributed by atoms with Crippen LogP contribution in [0, 0.1) is 0 Å². The van der Waals surface area contributed by atoms with Crippen LogP contribution in [-0.4, -0.2) is 30.9 Å². The van der Waals surface area contributed by atoms with Gasteiger partial charge in [-0.2, -0.15) is 11.8 Å². The molecule has 5 heteroatoms. The molecule has 1 atom stereocenters. The first-order valence-electron chi connectivity index (χ1n) is 7.39. The SMILES string of the molecule is CCCNC(CCSCc1ccc(Cl)cc1)C(=O)OCC. The average Bonchev–Trinajstić information content (AvgIpc) is 2.48. The van der Waals surface area contributed by atoms with Gasteiger partial charge in [-0.3, -0.25) is 4.79 Å². The highest BCUT2D eigenvalue weighted by Gasteiger charge is 2.18. The second-order valence-corrected chi connectivity index (χ2v) is 6.27. The third-order valence-electron chi connectivity index (χ3n) is 2.94. The van der Waals surface area contributed by atoms with Crippen LogP contribution in [0.1, 0.15) is 32.3 Å². The van der Waals surface area contributed by atoms with Crippen molar-refractivity contribution in [1.82, 2.24) is 5.32 Å². The summed E-state index contributed by atoms with van der Waals surface area (Å²) in [5.41, 5.74) is 1.25. The fourth-order valence-electron chi connectivity index (χ4n) is 1.84. The van der Waals surface area contributed by atoms with Crippen molar-refractivity contribution in [3.05, 3.63) is 34.9 Å². The Morgan fingerprint density at radius 2 is 2.05 bits per heavy atom. The summed E-state index contributed by atoms with van der Waals surface area (Å²) >= 11 is 7.68. The standard InChI is InChI=1S/C16H24ClNO2S/c1-3-10-18-15(16(19)20-4-2)9-11-21-12-13-5-7-14(17)8-6-13/h5-8,15,18H,3-4,9-12H2,1-2H3. The molecular formula is C16H24ClNO2S. The molecule has 0 bridgehead atoms. The van der Waals surface area contributed by atoms with E-state index in [4.69, 9.17) is 16.3 Å². The monoisotopic (exact) mass is 329 g/mol. The molecule has 0 heterocycles. The normalized spacial score (nSPS) is 12.1. The molecule has 0 radical (unpaired) electrons. The first-order chi connectivity index (χ1) is 10.2. The molecule has 0 amide bonds. The lowest BCUT2D eigenvalue weighted by Gasteiger charge is -2.16. The first-order valence-corrected chi connectivity index (χ1v) is 8.92. The number of halogens is 1. The summed E-state index contributed by atoms with van der Waals surface area (Å²) < 4.78 is 5.10. The second kappa shape index (κ2) is 10.9. The number of hydrogen-bond acceptors (Lipinski definition) is 4. The second-order valence-electron chi connectivity index (χ2n) is 4.73. The summed E-state index contributed by atoms with van der Waals surface area (Å²) in [6, 6.07) is 7.69. The molecule has 0 aromatic heterocycles.